The van der Waals surface area contributed by atoms with E-state index in [0.717, 1.165) is 0 Å². The summed E-state index contributed by atoms with van der Waals surface area (Å²) >= 11 is 0. The van der Waals surface area contributed by atoms with Crippen LogP contribution >= 0.6 is 0 Å². The number of hydrogen-bond acceptors (Lipinski definition) is 6. The largest absolute Gasteiger partial charge is 0.425 e. The van der Waals surface area contributed by atoms with Crippen LogP contribution in [-0.2, 0) is 9.59 Å². The molecule has 3 rings (SSSR count). The van der Waals surface area contributed by atoms with Crippen LogP contribution in [0.1, 0.15) is 23.7 Å². The monoisotopic (exact) mass is 368 g/mol. The Bertz CT molecular complexity index is 922. The molecule has 0 unspecified atom stereocenters. The van der Waals surface area contributed by atoms with Crippen molar-refractivity contribution in [1.82, 2.24) is 0 Å². The van der Waals surface area contributed by atoms with Gasteiger partial charge in [0.1, 0.15) is 5.75 Å². The Labute approximate surface area is 154 Å². The fourth-order valence-corrected chi connectivity index (χ4v) is 2.91. The van der Waals surface area contributed by atoms with Crippen molar-refractivity contribution >= 4 is 29.0 Å². The summed E-state index contributed by atoms with van der Waals surface area (Å²) in [5.74, 6) is -1.62. The lowest BCUT2D eigenvalue weighted by Crippen LogP contribution is -2.27. The summed E-state index contributed by atoms with van der Waals surface area (Å²) in [6.07, 6.45) is -0.0297. The second-order valence-electron chi connectivity index (χ2n) is 6.15. The fraction of sp³-hybridized carbons (Fsp3) is 0.211. The lowest BCUT2D eigenvalue weighted by atomic mass is 10.1. The first kappa shape index (κ1) is 18.2. The third-order valence-corrected chi connectivity index (χ3v) is 4.31. The summed E-state index contributed by atoms with van der Waals surface area (Å²) in [6.45, 7) is 1.49. The molecule has 138 valence electrons. The van der Waals surface area contributed by atoms with E-state index in [9.17, 15) is 24.5 Å². The molecule has 2 aromatic rings. The van der Waals surface area contributed by atoms with E-state index < -0.39 is 16.8 Å². The highest BCUT2D eigenvalue weighted by atomic mass is 16.6. The molecule has 1 aliphatic rings. The average molecular weight is 368 g/mol. The van der Waals surface area contributed by atoms with E-state index in [0.29, 0.717) is 11.3 Å². The summed E-state index contributed by atoms with van der Waals surface area (Å²) < 4.78 is 5.35. The van der Waals surface area contributed by atoms with Crippen molar-refractivity contribution in [2.75, 3.05) is 11.4 Å². The predicted octanol–water partition coefficient (Wildman–Crippen LogP) is 2.76. The molecule has 1 fully saturated rings. The maximum absolute atomic E-state index is 12.5. The Morgan fingerprint density at radius 2 is 1.81 bits per heavy atom. The first-order valence-corrected chi connectivity index (χ1v) is 8.23. The molecule has 0 radical (unpaired) electrons. The van der Waals surface area contributed by atoms with E-state index in [1.165, 1.54) is 42.2 Å². The number of Topliss-reactive ketones (excluding diaryl/α,β-unsaturated/α-hetero) is 1. The number of rotatable bonds is 5. The quantitative estimate of drug-likeness (QED) is 0.264. The van der Waals surface area contributed by atoms with E-state index in [1.54, 1.807) is 18.2 Å². The average Bonchev–Trinajstić information content (AvgIpc) is 3.04. The minimum Gasteiger partial charge on any atom is -0.425 e. The van der Waals surface area contributed by atoms with Gasteiger partial charge >= 0.3 is 5.97 Å². The van der Waals surface area contributed by atoms with Crippen molar-refractivity contribution < 1.29 is 24.0 Å². The van der Waals surface area contributed by atoms with Gasteiger partial charge in [-0.2, -0.15) is 0 Å². The van der Waals surface area contributed by atoms with Gasteiger partial charge in [0.2, 0.25) is 5.91 Å². The zero-order valence-corrected chi connectivity index (χ0v) is 14.5. The molecule has 8 nitrogen and oxygen atoms in total. The van der Waals surface area contributed by atoms with E-state index in [-0.39, 0.29) is 36.1 Å². The van der Waals surface area contributed by atoms with Crippen molar-refractivity contribution in [2.45, 2.75) is 13.3 Å². The van der Waals surface area contributed by atoms with Crippen LogP contribution in [0.25, 0.3) is 0 Å². The van der Waals surface area contributed by atoms with Crippen LogP contribution in [0.15, 0.2) is 48.5 Å². The van der Waals surface area contributed by atoms with Gasteiger partial charge in [0.05, 0.1) is 16.4 Å². The fourth-order valence-electron chi connectivity index (χ4n) is 2.91. The number of carbonyl (C=O) groups is 3. The Kier molecular flexibility index (Phi) is 4.98. The number of non-ortho nitro benzene ring substituents is 1. The number of amides is 1. The number of nitro groups is 1. The Balaban J connectivity index is 1.72. The number of ketones is 1. The van der Waals surface area contributed by atoms with Gasteiger partial charge < -0.3 is 9.64 Å². The molecule has 0 aliphatic carbocycles. The van der Waals surface area contributed by atoms with Gasteiger partial charge in [-0.05, 0) is 31.2 Å². The third-order valence-electron chi connectivity index (χ3n) is 4.31. The topological polar surface area (TPSA) is 107 Å². The summed E-state index contributed by atoms with van der Waals surface area (Å²) in [5, 5.41) is 10.7. The van der Waals surface area contributed by atoms with Gasteiger partial charge in [0.25, 0.3) is 5.69 Å². The number of hydrogen-bond donors (Lipinski definition) is 0. The summed E-state index contributed by atoms with van der Waals surface area (Å²) in [4.78, 5) is 47.9. The number of anilines is 1. The van der Waals surface area contributed by atoms with E-state index >= 15 is 0 Å². The lowest BCUT2D eigenvalue weighted by Gasteiger charge is -2.16. The van der Waals surface area contributed by atoms with Crippen LogP contribution in [0.2, 0.25) is 0 Å². The molecule has 1 heterocycles. The molecular formula is C19H16N2O6. The van der Waals surface area contributed by atoms with Crippen molar-refractivity contribution in [3.63, 3.8) is 0 Å². The zero-order valence-electron chi connectivity index (χ0n) is 14.5. The number of carbonyl (C=O) groups excluding carboxylic acids is 3. The van der Waals surface area contributed by atoms with Crippen LogP contribution in [0.3, 0.4) is 0 Å². The van der Waals surface area contributed by atoms with Crippen LogP contribution in [0, 0.1) is 16.0 Å². The number of para-hydroxylation sites is 1. The first-order chi connectivity index (χ1) is 12.9. The molecule has 1 saturated heterocycles. The zero-order chi connectivity index (χ0) is 19.6. The van der Waals surface area contributed by atoms with Crippen LogP contribution in [0.5, 0.6) is 5.75 Å². The molecule has 0 aromatic heterocycles. The minimum atomic E-state index is -0.687. The molecule has 0 spiro atoms. The minimum absolute atomic E-state index is 0.0297. The number of nitro benzene ring substituents is 1. The lowest BCUT2D eigenvalue weighted by molar-refractivity contribution is -0.384. The molecule has 1 aliphatic heterocycles. The summed E-state index contributed by atoms with van der Waals surface area (Å²) in [6, 6.07) is 12.0. The van der Waals surface area contributed by atoms with Gasteiger partial charge in [0.15, 0.2) is 5.78 Å². The highest BCUT2D eigenvalue weighted by Crippen LogP contribution is 2.28. The van der Waals surface area contributed by atoms with Crippen molar-refractivity contribution in [2.24, 2.45) is 5.92 Å². The van der Waals surface area contributed by atoms with Gasteiger partial charge in [-0.1, -0.05) is 12.1 Å². The molecule has 27 heavy (non-hydrogen) atoms. The van der Waals surface area contributed by atoms with Crippen molar-refractivity contribution in [1.29, 1.82) is 0 Å². The van der Waals surface area contributed by atoms with Gasteiger partial charge in [-0.25, -0.2) is 0 Å². The molecule has 0 N–H and O–H groups in total. The number of nitrogens with zero attached hydrogens (tertiary/aromatic N) is 2. The standard InChI is InChI=1S/C19H16N2O6/c1-12(22)16-4-2-3-5-17(16)27-19(24)13-10-18(23)20(11-13)14-6-8-15(9-7-14)21(25)26/h2-9,13H,10-11H2,1H3/t13-/m0/s1. The van der Waals surface area contributed by atoms with Crippen molar-refractivity contribution in [3.8, 4) is 5.75 Å². The molecule has 1 amide bonds. The van der Waals surface area contributed by atoms with Crippen LogP contribution in [0.4, 0.5) is 11.4 Å². The first-order valence-electron chi connectivity index (χ1n) is 8.23. The SMILES string of the molecule is CC(=O)c1ccccc1OC(=O)[C@H]1CC(=O)N(c2ccc([N+](=O)[O-])cc2)C1. The van der Waals surface area contributed by atoms with Crippen molar-refractivity contribution in [3.05, 3.63) is 64.2 Å². The van der Waals surface area contributed by atoms with E-state index in [2.05, 4.69) is 0 Å². The van der Waals surface area contributed by atoms with E-state index in [4.69, 9.17) is 4.74 Å². The van der Waals surface area contributed by atoms with E-state index in [1.807, 2.05) is 0 Å². The van der Waals surface area contributed by atoms with Gasteiger partial charge in [-0.15, -0.1) is 0 Å². The van der Waals surface area contributed by atoms with Gasteiger partial charge in [-0.3, -0.25) is 24.5 Å². The molecule has 8 heteroatoms. The van der Waals surface area contributed by atoms with Crippen LogP contribution < -0.4 is 9.64 Å². The van der Waals surface area contributed by atoms with Crippen LogP contribution in [-0.4, -0.2) is 29.1 Å². The maximum atomic E-state index is 12.5. The number of ether oxygens (including phenoxy) is 1. The molecule has 1 atom stereocenters. The Morgan fingerprint density at radius 1 is 1.15 bits per heavy atom. The normalized spacial score (nSPS) is 16.3. The number of esters is 1. The molecule has 0 saturated carbocycles. The highest BCUT2D eigenvalue weighted by molar-refractivity contribution is 6.01. The van der Waals surface area contributed by atoms with Gasteiger partial charge in [0, 0.05) is 30.8 Å². The molecular weight excluding hydrogens is 352 g/mol. The second-order valence-corrected chi connectivity index (χ2v) is 6.15. The Hall–Kier alpha value is -3.55. The summed E-state index contributed by atoms with van der Waals surface area (Å²) in [5.41, 5.74) is 0.689. The summed E-state index contributed by atoms with van der Waals surface area (Å²) in [7, 11) is 0. The molecule has 0 bridgehead atoms. The molecule has 2 aromatic carbocycles. The smallest absolute Gasteiger partial charge is 0.316 e. The third kappa shape index (κ3) is 3.84. The highest BCUT2D eigenvalue weighted by Gasteiger charge is 2.36. The predicted molar refractivity (Wildman–Crippen MR) is 95.6 cm³/mol. The Morgan fingerprint density at radius 3 is 2.44 bits per heavy atom. The number of benzene rings is 2. The maximum Gasteiger partial charge on any atom is 0.316 e. The second kappa shape index (κ2) is 7.36.